The average Bonchev–Trinajstić information content (AvgIpc) is 2.70. The molecule has 0 bridgehead atoms. The van der Waals surface area contributed by atoms with Gasteiger partial charge in [0.1, 0.15) is 17.3 Å². The van der Waals surface area contributed by atoms with E-state index in [1.165, 1.54) is 0 Å². The Morgan fingerprint density at radius 2 is 1.73 bits per heavy atom. The predicted octanol–water partition coefficient (Wildman–Crippen LogP) is 4.52. The SMILES string of the molecule is C=C/C=C\C=C1/CN=C(c2ccncc2)C=C1Oc1ccc(OC)cc1. The first-order valence-electron chi connectivity index (χ1n) is 8.27. The van der Waals surface area contributed by atoms with Crippen LogP contribution in [0.2, 0.25) is 0 Å². The number of nitrogens with zero attached hydrogens (tertiary/aromatic N) is 2. The first-order chi connectivity index (χ1) is 12.8. The summed E-state index contributed by atoms with van der Waals surface area (Å²) in [5.74, 6) is 2.30. The van der Waals surface area contributed by atoms with Crippen molar-refractivity contribution in [2.75, 3.05) is 13.7 Å². The van der Waals surface area contributed by atoms with Crippen LogP contribution in [0.15, 0.2) is 102 Å². The number of hydrogen-bond donors (Lipinski definition) is 0. The Hall–Kier alpha value is -3.40. The van der Waals surface area contributed by atoms with E-state index in [0.717, 1.165) is 34.1 Å². The molecule has 0 radical (unpaired) electrons. The molecule has 26 heavy (non-hydrogen) atoms. The minimum atomic E-state index is 0.543. The molecule has 0 saturated carbocycles. The van der Waals surface area contributed by atoms with Crippen molar-refractivity contribution in [3.63, 3.8) is 0 Å². The molecule has 0 N–H and O–H groups in total. The summed E-state index contributed by atoms with van der Waals surface area (Å²) in [6.45, 7) is 4.23. The van der Waals surface area contributed by atoms with Crippen LogP contribution in [0.1, 0.15) is 5.56 Å². The highest BCUT2D eigenvalue weighted by Crippen LogP contribution is 2.25. The minimum absolute atomic E-state index is 0.543. The van der Waals surface area contributed by atoms with Gasteiger partial charge in [0.05, 0.1) is 19.4 Å². The van der Waals surface area contributed by atoms with Gasteiger partial charge >= 0.3 is 0 Å². The number of hydrogen-bond acceptors (Lipinski definition) is 4. The van der Waals surface area contributed by atoms with Crippen molar-refractivity contribution in [3.05, 3.63) is 103 Å². The summed E-state index contributed by atoms with van der Waals surface area (Å²) in [4.78, 5) is 8.72. The van der Waals surface area contributed by atoms with Gasteiger partial charge in [-0.15, -0.1) is 0 Å². The average molecular weight is 344 g/mol. The van der Waals surface area contributed by atoms with Crippen LogP contribution in [0.4, 0.5) is 0 Å². The molecule has 4 nitrogen and oxygen atoms in total. The molecule has 1 aromatic carbocycles. The second-order valence-corrected chi connectivity index (χ2v) is 5.54. The number of dihydropyridines is 1. The molecule has 0 unspecified atom stereocenters. The number of pyridine rings is 1. The van der Waals surface area contributed by atoms with E-state index in [1.54, 1.807) is 25.6 Å². The van der Waals surface area contributed by atoms with Crippen LogP contribution >= 0.6 is 0 Å². The van der Waals surface area contributed by atoms with Crippen molar-refractivity contribution in [2.24, 2.45) is 4.99 Å². The Morgan fingerprint density at radius 3 is 2.42 bits per heavy atom. The van der Waals surface area contributed by atoms with E-state index in [9.17, 15) is 0 Å². The highest BCUT2D eigenvalue weighted by molar-refractivity contribution is 6.10. The molecule has 0 aliphatic carbocycles. The minimum Gasteiger partial charge on any atom is -0.497 e. The van der Waals surface area contributed by atoms with Crippen molar-refractivity contribution < 1.29 is 9.47 Å². The van der Waals surface area contributed by atoms with Crippen LogP contribution in [0.5, 0.6) is 11.5 Å². The molecular formula is C22H20N2O2. The van der Waals surface area contributed by atoms with E-state index in [-0.39, 0.29) is 0 Å². The molecular weight excluding hydrogens is 324 g/mol. The fourth-order valence-corrected chi connectivity index (χ4v) is 2.46. The van der Waals surface area contributed by atoms with Crippen LogP contribution in [0, 0.1) is 0 Å². The Kier molecular flexibility index (Phi) is 5.78. The Morgan fingerprint density at radius 1 is 1.00 bits per heavy atom. The Bertz CT molecular complexity index is 876. The highest BCUT2D eigenvalue weighted by Gasteiger charge is 2.15. The van der Waals surface area contributed by atoms with Gasteiger partial charge in [0.2, 0.25) is 0 Å². The number of benzene rings is 1. The number of allylic oxidation sites excluding steroid dienone is 5. The normalized spacial score (nSPS) is 15.5. The number of aliphatic imine (C=N–C) groups is 1. The number of ether oxygens (including phenoxy) is 2. The summed E-state index contributed by atoms with van der Waals surface area (Å²) in [7, 11) is 1.64. The molecule has 1 aromatic heterocycles. The van der Waals surface area contributed by atoms with E-state index >= 15 is 0 Å². The van der Waals surface area contributed by atoms with E-state index in [2.05, 4.69) is 16.6 Å². The van der Waals surface area contributed by atoms with Gasteiger partial charge in [-0.2, -0.15) is 0 Å². The maximum absolute atomic E-state index is 6.13. The van der Waals surface area contributed by atoms with Crippen molar-refractivity contribution in [1.82, 2.24) is 4.98 Å². The number of aromatic nitrogens is 1. The zero-order chi connectivity index (χ0) is 18.2. The van der Waals surface area contributed by atoms with E-state index in [4.69, 9.17) is 9.47 Å². The molecule has 130 valence electrons. The molecule has 0 atom stereocenters. The maximum atomic E-state index is 6.13. The van der Waals surface area contributed by atoms with Crippen molar-refractivity contribution in [3.8, 4) is 11.5 Å². The molecule has 1 aliphatic rings. The standard InChI is InChI=1S/C22H20N2O2/c1-3-4-5-6-18-16-24-21(17-11-13-23-14-12-17)15-22(18)26-20-9-7-19(25-2)8-10-20/h3-15H,1,16H2,2H3/b5-4-,18-6+. The first kappa shape index (κ1) is 17.4. The molecule has 2 aromatic rings. The van der Waals surface area contributed by atoms with Crippen LogP contribution in [-0.2, 0) is 0 Å². The summed E-state index contributed by atoms with van der Waals surface area (Å²) in [5.41, 5.74) is 2.88. The summed E-state index contributed by atoms with van der Waals surface area (Å²) in [6, 6.07) is 11.4. The smallest absolute Gasteiger partial charge is 0.134 e. The third kappa shape index (κ3) is 4.36. The predicted molar refractivity (Wildman–Crippen MR) is 105 cm³/mol. The molecule has 0 fully saturated rings. The fraction of sp³-hybridized carbons (Fsp3) is 0.0909. The third-order valence-corrected chi connectivity index (χ3v) is 3.81. The van der Waals surface area contributed by atoms with Crippen LogP contribution in [0.3, 0.4) is 0 Å². The van der Waals surface area contributed by atoms with Crippen LogP contribution < -0.4 is 9.47 Å². The van der Waals surface area contributed by atoms with E-state index in [1.807, 2.05) is 60.7 Å². The lowest BCUT2D eigenvalue weighted by Crippen LogP contribution is -2.13. The third-order valence-electron chi connectivity index (χ3n) is 3.81. The van der Waals surface area contributed by atoms with Crippen molar-refractivity contribution in [2.45, 2.75) is 0 Å². The topological polar surface area (TPSA) is 43.7 Å². The summed E-state index contributed by atoms with van der Waals surface area (Å²) in [5, 5.41) is 0. The quantitative estimate of drug-likeness (QED) is 0.724. The Labute approximate surface area is 153 Å². The van der Waals surface area contributed by atoms with Crippen molar-refractivity contribution in [1.29, 1.82) is 0 Å². The van der Waals surface area contributed by atoms with Gasteiger partial charge in [0.25, 0.3) is 0 Å². The second kappa shape index (κ2) is 8.62. The Balaban J connectivity index is 1.91. The highest BCUT2D eigenvalue weighted by atomic mass is 16.5. The fourth-order valence-electron chi connectivity index (χ4n) is 2.46. The molecule has 2 heterocycles. The lowest BCUT2D eigenvalue weighted by Gasteiger charge is -2.17. The van der Waals surface area contributed by atoms with Crippen LogP contribution in [-0.4, -0.2) is 24.4 Å². The van der Waals surface area contributed by atoms with E-state index in [0.29, 0.717) is 6.54 Å². The van der Waals surface area contributed by atoms with Gasteiger partial charge in [-0.25, -0.2) is 0 Å². The lowest BCUT2D eigenvalue weighted by atomic mass is 10.0. The van der Waals surface area contributed by atoms with Gasteiger partial charge in [-0.05, 0) is 36.4 Å². The van der Waals surface area contributed by atoms with Gasteiger partial charge in [0, 0.05) is 29.6 Å². The summed E-state index contributed by atoms with van der Waals surface area (Å²) in [6.07, 6.45) is 13.0. The number of methoxy groups -OCH3 is 1. The molecule has 3 rings (SSSR count). The summed E-state index contributed by atoms with van der Waals surface area (Å²) >= 11 is 0. The number of rotatable bonds is 6. The molecule has 0 saturated heterocycles. The maximum Gasteiger partial charge on any atom is 0.134 e. The zero-order valence-electron chi connectivity index (χ0n) is 14.6. The summed E-state index contributed by atoms with van der Waals surface area (Å²) < 4.78 is 11.3. The lowest BCUT2D eigenvalue weighted by molar-refractivity contribution is 0.409. The largest absolute Gasteiger partial charge is 0.497 e. The van der Waals surface area contributed by atoms with Gasteiger partial charge in [0.15, 0.2) is 0 Å². The molecule has 0 amide bonds. The van der Waals surface area contributed by atoms with Gasteiger partial charge in [-0.1, -0.05) is 30.9 Å². The van der Waals surface area contributed by atoms with Gasteiger partial charge in [-0.3, -0.25) is 9.98 Å². The molecule has 1 aliphatic heterocycles. The second-order valence-electron chi connectivity index (χ2n) is 5.54. The van der Waals surface area contributed by atoms with Crippen molar-refractivity contribution >= 4 is 5.71 Å². The monoisotopic (exact) mass is 344 g/mol. The zero-order valence-corrected chi connectivity index (χ0v) is 14.6. The van der Waals surface area contributed by atoms with Crippen LogP contribution in [0.25, 0.3) is 0 Å². The van der Waals surface area contributed by atoms with E-state index < -0.39 is 0 Å². The molecule has 4 heteroatoms. The van der Waals surface area contributed by atoms with Gasteiger partial charge < -0.3 is 9.47 Å². The first-order valence-corrected chi connectivity index (χ1v) is 8.27. The molecule has 0 spiro atoms.